The largest absolute Gasteiger partial charge is 0.491 e. The fourth-order valence-corrected chi connectivity index (χ4v) is 1.93. The highest BCUT2D eigenvalue weighted by molar-refractivity contribution is 7.49. The zero-order valence-corrected chi connectivity index (χ0v) is 12.1. The summed E-state index contributed by atoms with van der Waals surface area (Å²) < 4.78 is 26.1. The van der Waals surface area contributed by atoms with E-state index in [9.17, 15) is 4.57 Å². The van der Waals surface area contributed by atoms with Crippen LogP contribution in [0, 0.1) is 11.8 Å². The van der Waals surface area contributed by atoms with E-state index in [1.54, 1.807) is 0 Å². The van der Waals surface area contributed by atoms with Crippen LogP contribution in [0.2, 0.25) is 0 Å². The maximum atomic E-state index is 11.7. The number of halogens is 1. The fraction of sp³-hybridized carbons (Fsp3) is 1.00. The highest BCUT2D eigenvalue weighted by Gasteiger charge is 2.26. The SMILES string of the molecule is CC(C)CCOP(=O)(OCl)OCCC(C)C. The first-order chi connectivity index (χ1) is 7.39. The van der Waals surface area contributed by atoms with Gasteiger partial charge in [-0.3, -0.25) is 9.05 Å². The molecule has 0 aliphatic heterocycles. The molecule has 0 saturated heterocycles. The number of hydrogen-bond donors (Lipinski definition) is 0. The van der Waals surface area contributed by atoms with Crippen molar-refractivity contribution in [2.24, 2.45) is 11.8 Å². The third-order valence-corrected chi connectivity index (χ3v) is 3.65. The molecule has 16 heavy (non-hydrogen) atoms. The van der Waals surface area contributed by atoms with Crippen molar-refractivity contribution in [2.75, 3.05) is 13.2 Å². The van der Waals surface area contributed by atoms with E-state index >= 15 is 0 Å². The minimum Gasteiger partial charge on any atom is -0.286 e. The Hall–Kier alpha value is 0.400. The van der Waals surface area contributed by atoms with Gasteiger partial charge >= 0.3 is 7.82 Å². The molecule has 0 aromatic heterocycles. The molecule has 98 valence electrons. The molecule has 0 saturated carbocycles. The van der Waals surface area contributed by atoms with Crippen molar-refractivity contribution in [3.8, 4) is 0 Å². The van der Waals surface area contributed by atoms with E-state index in [-0.39, 0.29) is 0 Å². The van der Waals surface area contributed by atoms with E-state index in [4.69, 9.17) is 20.9 Å². The number of phosphoric ester groups is 1. The van der Waals surface area contributed by atoms with Gasteiger partial charge in [-0.05, 0) is 24.7 Å². The Morgan fingerprint density at radius 1 is 1.00 bits per heavy atom. The molecule has 0 rings (SSSR count). The van der Waals surface area contributed by atoms with Crippen LogP contribution < -0.4 is 0 Å². The van der Waals surface area contributed by atoms with Crippen molar-refractivity contribution >= 4 is 19.7 Å². The van der Waals surface area contributed by atoms with E-state index in [0.717, 1.165) is 12.8 Å². The molecule has 4 nitrogen and oxygen atoms in total. The Kier molecular flexibility index (Phi) is 8.70. The Morgan fingerprint density at radius 3 is 1.62 bits per heavy atom. The second kappa shape index (κ2) is 8.48. The first-order valence-electron chi connectivity index (χ1n) is 5.59. The fourth-order valence-electron chi connectivity index (χ4n) is 0.878. The van der Waals surface area contributed by atoms with Gasteiger partial charge in [-0.2, -0.15) is 4.08 Å². The monoisotopic (exact) mass is 272 g/mol. The second-order valence-electron chi connectivity index (χ2n) is 4.55. The van der Waals surface area contributed by atoms with Gasteiger partial charge in [-0.1, -0.05) is 27.7 Å². The zero-order valence-electron chi connectivity index (χ0n) is 10.4. The Bertz CT molecular complexity index is 203. The van der Waals surface area contributed by atoms with Gasteiger partial charge in [0.05, 0.1) is 25.1 Å². The van der Waals surface area contributed by atoms with Crippen molar-refractivity contribution in [3.63, 3.8) is 0 Å². The second-order valence-corrected chi connectivity index (χ2v) is 6.51. The predicted octanol–water partition coefficient (Wildman–Crippen LogP) is 4.39. The maximum absolute atomic E-state index is 11.7. The molecule has 0 N–H and O–H groups in total. The summed E-state index contributed by atoms with van der Waals surface area (Å²) in [4.78, 5) is 0. The minimum atomic E-state index is -3.55. The third-order valence-electron chi connectivity index (χ3n) is 1.97. The van der Waals surface area contributed by atoms with Gasteiger partial charge in [-0.25, -0.2) is 4.57 Å². The smallest absolute Gasteiger partial charge is 0.286 e. The molecule has 0 aliphatic rings. The van der Waals surface area contributed by atoms with Crippen LogP contribution in [0.1, 0.15) is 40.5 Å². The summed E-state index contributed by atoms with van der Waals surface area (Å²) in [7, 11) is -3.55. The minimum absolute atomic E-state index is 0.323. The lowest BCUT2D eigenvalue weighted by molar-refractivity contribution is 0.148. The van der Waals surface area contributed by atoms with Crippen LogP contribution in [0.4, 0.5) is 0 Å². The summed E-state index contributed by atoms with van der Waals surface area (Å²) in [5.41, 5.74) is 0. The molecule has 0 amide bonds. The van der Waals surface area contributed by atoms with Crippen molar-refractivity contribution in [3.05, 3.63) is 0 Å². The average Bonchev–Trinajstić information content (AvgIpc) is 2.16. The van der Waals surface area contributed by atoms with Crippen LogP contribution in [0.3, 0.4) is 0 Å². The molecule has 0 aliphatic carbocycles. The van der Waals surface area contributed by atoms with Gasteiger partial charge in [0.2, 0.25) is 0 Å². The van der Waals surface area contributed by atoms with E-state index in [1.807, 2.05) is 0 Å². The van der Waals surface area contributed by atoms with E-state index in [2.05, 4.69) is 31.8 Å². The van der Waals surface area contributed by atoms with Crippen molar-refractivity contribution in [1.29, 1.82) is 0 Å². The van der Waals surface area contributed by atoms with Crippen LogP contribution in [0.25, 0.3) is 0 Å². The summed E-state index contributed by atoms with van der Waals surface area (Å²) in [5, 5.41) is 0. The van der Waals surface area contributed by atoms with Crippen LogP contribution in [0.15, 0.2) is 0 Å². The molecular formula is C10H22ClO4P. The van der Waals surface area contributed by atoms with Gasteiger partial charge in [0.15, 0.2) is 0 Å². The van der Waals surface area contributed by atoms with Crippen LogP contribution in [-0.2, 0) is 17.7 Å². The lowest BCUT2D eigenvalue weighted by Gasteiger charge is -2.15. The summed E-state index contributed by atoms with van der Waals surface area (Å²) in [5.74, 6) is 0.943. The summed E-state index contributed by atoms with van der Waals surface area (Å²) in [6.45, 7) is 8.85. The zero-order chi connectivity index (χ0) is 12.6. The molecule has 0 aromatic carbocycles. The molecule has 0 fully saturated rings. The predicted molar refractivity (Wildman–Crippen MR) is 65.4 cm³/mol. The highest BCUT2D eigenvalue weighted by atomic mass is 35.5. The van der Waals surface area contributed by atoms with Crippen molar-refractivity contribution in [1.82, 2.24) is 0 Å². The van der Waals surface area contributed by atoms with Crippen LogP contribution in [-0.4, -0.2) is 13.2 Å². The van der Waals surface area contributed by atoms with Gasteiger partial charge in [0.25, 0.3) is 0 Å². The van der Waals surface area contributed by atoms with Crippen LogP contribution in [0.5, 0.6) is 0 Å². The topological polar surface area (TPSA) is 44.8 Å². The lowest BCUT2D eigenvalue weighted by Crippen LogP contribution is -2.03. The van der Waals surface area contributed by atoms with Crippen LogP contribution >= 0.6 is 19.7 Å². The van der Waals surface area contributed by atoms with E-state index in [0.29, 0.717) is 25.0 Å². The van der Waals surface area contributed by atoms with Gasteiger partial charge in [-0.15, -0.1) is 0 Å². The number of rotatable bonds is 9. The lowest BCUT2D eigenvalue weighted by atomic mass is 10.2. The standard InChI is InChI=1S/C10H22ClO4P/c1-9(2)5-7-13-16(12,15-11)14-8-6-10(3)4/h9-10H,5-8H2,1-4H3. The van der Waals surface area contributed by atoms with Gasteiger partial charge < -0.3 is 0 Å². The maximum Gasteiger partial charge on any atom is 0.491 e. The van der Waals surface area contributed by atoms with E-state index in [1.165, 1.54) is 0 Å². The molecule has 0 atom stereocenters. The number of phosphoric acid groups is 1. The Labute approximate surface area is 103 Å². The first-order valence-corrected chi connectivity index (χ1v) is 7.36. The molecule has 0 radical (unpaired) electrons. The normalized spacial score (nSPS) is 12.7. The molecule has 0 heterocycles. The Balaban J connectivity index is 3.86. The van der Waals surface area contributed by atoms with Crippen molar-refractivity contribution in [2.45, 2.75) is 40.5 Å². The molecule has 0 unspecified atom stereocenters. The quantitative estimate of drug-likeness (QED) is 0.584. The number of hydrogen-bond acceptors (Lipinski definition) is 4. The Morgan fingerprint density at radius 2 is 1.38 bits per heavy atom. The van der Waals surface area contributed by atoms with E-state index < -0.39 is 7.82 Å². The molecule has 0 aromatic rings. The van der Waals surface area contributed by atoms with Crippen molar-refractivity contribution < 1.29 is 17.7 Å². The van der Waals surface area contributed by atoms with Gasteiger partial charge in [0.1, 0.15) is 0 Å². The summed E-state index contributed by atoms with van der Waals surface area (Å²) >= 11 is 5.13. The molecule has 0 spiro atoms. The average molecular weight is 273 g/mol. The summed E-state index contributed by atoms with van der Waals surface area (Å²) in [6, 6.07) is 0. The highest BCUT2D eigenvalue weighted by Crippen LogP contribution is 2.51. The summed E-state index contributed by atoms with van der Waals surface area (Å²) in [6.07, 6.45) is 1.58. The first kappa shape index (κ1) is 16.4. The van der Waals surface area contributed by atoms with Gasteiger partial charge in [0, 0.05) is 0 Å². The third kappa shape index (κ3) is 8.54. The molecule has 0 bridgehead atoms. The molecule has 6 heteroatoms. The molecular weight excluding hydrogens is 251 g/mol.